The molecule has 0 aliphatic carbocycles. The zero-order valence-electron chi connectivity index (χ0n) is 15.3. The van der Waals surface area contributed by atoms with Gasteiger partial charge in [-0.2, -0.15) is 13.1 Å². The average Bonchev–Trinajstić information content (AvgIpc) is 3.23. The van der Waals surface area contributed by atoms with E-state index in [-0.39, 0.29) is 16.4 Å². The van der Waals surface area contributed by atoms with Gasteiger partial charge in [0.15, 0.2) is 11.5 Å². The lowest BCUT2D eigenvalue weighted by molar-refractivity contribution is -0.0512. The highest BCUT2D eigenvalue weighted by Crippen LogP contribution is 2.29. The molecule has 1 saturated heterocycles. The zero-order valence-corrected chi connectivity index (χ0v) is 16.1. The maximum Gasteiger partial charge on any atom is 0.387 e. The van der Waals surface area contributed by atoms with Gasteiger partial charge in [-0.3, -0.25) is 0 Å². The topological polar surface area (TPSA) is 80.8 Å². The highest BCUT2D eigenvalue weighted by Gasteiger charge is 2.27. The molecule has 3 rings (SSSR count). The minimum Gasteiger partial charge on any atom is -0.493 e. The van der Waals surface area contributed by atoms with Crippen LogP contribution in [-0.4, -0.2) is 44.5 Å². The second-order valence-corrected chi connectivity index (χ2v) is 8.15. The summed E-state index contributed by atoms with van der Waals surface area (Å²) in [6, 6.07) is 7.72. The van der Waals surface area contributed by atoms with Crippen LogP contribution < -0.4 is 14.8 Å². The van der Waals surface area contributed by atoms with Crippen molar-refractivity contribution in [1.29, 1.82) is 0 Å². The first-order valence-electron chi connectivity index (χ1n) is 8.72. The van der Waals surface area contributed by atoms with E-state index >= 15 is 0 Å². The number of benzene rings is 1. The smallest absolute Gasteiger partial charge is 0.387 e. The third-order valence-corrected chi connectivity index (χ3v) is 6.24. The number of halogens is 2. The van der Waals surface area contributed by atoms with E-state index < -0.39 is 16.6 Å². The summed E-state index contributed by atoms with van der Waals surface area (Å²) in [5.41, 5.74) is 0.758. The van der Waals surface area contributed by atoms with Gasteiger partial charge in [-0.25, -0.2) is 13.4 Å². The predicted octanol–water partition coefficient (Wildman–Crippen LogP) is 3.09. The molecular formula is C18H21F2N3O4S. The number of ether oxygens (including phenoxy) is 2. The third-order valence-electron chi connectivity index (χ3n) is 4.36. The fourth-order valence-electron chi connectivity index (χ4n) is 2.92. The molecule has 1 N–H and O–H groups in total. The summed E-state index contributed by atoms with van der Waals surface area (Å²) in [6.45, 7) is -1.51. The number of nitrogens with one attached hydrogen (secondary N) is 1. The zero-order chi connectivity index (χ0) is 20.1. The van der Waals surface area contributed by atoms with E-state index in [0.29, 0.717) is 25.5 Å². The maximum absolute atomic E-state index is 12.5. The lowest BCUT2D eigenvalue weighted by Crippen LogP contribution is -2.27. The second kappa shape index (κ2) is 8.70. The Labute approximate surface area is 162 Å². The van der Waals surface area contributed by atoms with Crippen LogP contribution in [-0.2, 0) is 16.6 Å². The van der Waals surface area contributed by atoms with Crippen LogP contribution in [0.25, 0.3) is 0 Å². The molecule has 1 aromatic heterocycles. The lowest BCUT2D eigenvalue weighted by atomic mass is 10.2. The standard InChI is InChI=1S/C18H21F2N3O4S/c1-26-16-10-13(4-6-15(16)27-18(19)20)11-21-17-7-5-14(12-22-17)28(24,25)23-8-2-3-9-23/h4-7,10,12,18H,2-3,8-9,11H2,1H3,(H,21,22). The minimum atomic E-state index is -3.49. The van der Waals surface area contributed by atoms with Gasteiger partial charge in [0.05, 0.1) is 7.11 Å². The van der Waals surface area contributed by atoms with Gasteiger partial charge in [0.1, 0.15) is 10.7 Å². The molecule has 1 aromatic carbocycles. The molecule has 10 heteroatoms. The molecule has 0 spiro atoms. The van der Waals surface area contributed by atoms with Gasteiger partial charge in [0, 0.05) is 25.8 Å². The fraction of sp³-hybridized carbons (Fsp3) is 0.389. The first kappa shape index (κ1) is 20.3. The van der Waals surface area contributed by atoms with Crippen LogP contribution in [0.5, 0.6) is 11.5 Å². The summed E-state index contributed by atoms with van der Waals surface area (Å²) in [5.74, 6) is 0.641. The Kier molecular flexibility index (Phi) is 6.30. The number of anilines is 1. The van der Waals surface area contributed by atoms with Gasteiger partial charge < -0.3 is 14.8 Å². The molecule has 2 aromatic rings. The van der Waals surface area contributed by atoms with Crippen LogP contribution in [0.3, 0.4) is 0 Å². The minimum absolute atomic E-state index is 0.0455. The second-order valence-electron chi connectivity index (χ2n) is 6.21. The molecule has 7 nitrogen and oxygen atoms in total. The summed E-state index contributed by atoms with van der Waals surface area (Å²) in [4.78, 5) is 4.32. The van der Waals surface area contributed by atoms with Gasteiger partial charge in [-0.1, -0.05) is 6.07 Å². The monoisotopic (exact) mass is 413 g/mol. The predicted molar refractivity (Wildman–Crippen MR) is 99.2 cm³/mol. The van der Waals surface area contributed by atoms with Crippen LogP contribution in [0.4, 0.5) is 14.6 Å². The van der Waals surface area contributed by atoms with Crippen molar-refractivity contribution in [3.8, 4) is 11.5 Å². The number of alkyl halides is 2. The maximum atomic E-state index is 12.5. The van der Waals surface area contributed by atoms with Crippen LogP contribution in [0, 0.1) is 0 Å². The summed E-state index contributed by atoms with van der Waals surface area (Å²) in [5, 5.41) is 3.06. The van der Waals surface area contributed by atoms with Gasteiger partial charge in [-0.05, 0) is 42.7 Å². The molecule has 28 heavy (non-hydrogen) atoms. The van der Waals surface area contributed by atoms with Crippen molar-refractivity contribution in [2.45, 2.75) is 30.9 Å². The highest BCUT2D eigenvalue weighted by atomic mass is 32.2. The number of sulfonamides is 1. The molecule has 2 heterocycles. The molecule has 0 amide bonds. The van der Waals surface area contributed by atoms with Crippen molar-refractivity contribution < 1.29 is 26.7 Å². The van der Waals surface area contributed by atoms with E-state index in [2.05, 4.69) is 15.0 Å². The van der Waals surface area contributed by atoms with E-state index in [1.54, 1.807) is 18.2 Å². The van der Waals surface area contributed by atoms with Gasteiger partial charge >= 0.3 is 6.61 Å². The Morgan fingerprint density at radius 3 is 2.54 bits per heavy atom. The van der Waals surface area contributed by atoms with E-state index in [1.165, 1.54) is 29.7 Å². The Morgan fingerprint density at radius 1 is 1.18 bits per heavy atom. The summed E-state index contributed by atoms with van der Waals surface area (Å²) >= 11 is 0. The Morgan fingerprint density at radius 2 is 1.93 bits per heavy atom. The SMILES string of the molecule is COc1cc(CNc2ccc(S(=O)(=O)N3CCCC3)cn2)ccc1OC(F)F. The lowest BCUT2D eigenvalue weighted by Gasteiger charge is -2.15. The molecule has 0 unspecified atom stereocenters. The average molecular weight is 413 g/mol. The normalized spacial score (nSPS) is 15.0. The molecule has 152 valence electrons. The number of hydrogen-bond acceptors (Lipinski definition) is 6. The van der Waals surface area contributed by atoms with E-state index in [0.717, 1.165) is 18.4 Å². The quantitative estimate of drug-likeness (QED) is 0.716. The first-order valence-corrected chi connectivity index (χ1v) is 10.2. The van der Waals surface area contributed by atoms with Gasteiger partial charge in [-0.15, -0.1) is 0 Å². The van der Waals surface area contributed by atoms with Crippen LogP contribution in [0.2, 0.25) is 0 Å². The van der Waals surface area contributed by atoms with Crippen LogP contribution >= 0.6 is 0 Å². The number of aromatic nitrogens is 1. The molecule has 0 atom stereocenters. The Hall–Kier alpha value is -2.46. The van der Waals surface area contributed by atoms with E-state index in [4.69, 9.17) is 4.74 Å². The Balaban J connectivity index is 1.65. The van der Waals surface area contributed by atoms with Crippen molar-refractivity contribution in [2.24, 2.45) is 0 Å². The fourth-order valence-corrected chi connectivity index (χ4v) is 4.39. The van der Waals surface area contributed by atoms with Crippen molar-refractivity contribution in [3.05, 3.63) is 42.1 Å². The van der Waals surface area contributed by atoms with E-state index in [9.17, 15) is 17.2 Å². The van der Waals surface area contributed by atoms with Crippen LogP contribution in [0.1, 0.15) is 18.4 Å². The van der Waals surface area contributed by atoms with Crippen molar-refractivity contribution in [1.82, 2.24) is 9.29 Å². The van der Waals surface area contributed by atoms with Crippen molar-refractivity contribution >= 4 is 15.8 Å². The molecule has 0 bridgehead atoms. The number of methoxy groups -OCH3 is 1. The Bertz CT molecular complexity index is 902. The summed E-state index contributed by atoms with van der Waals surface area (Å²) in [6.07, 6.45) is 3.07. The van der Waals surface area contributed by atoms with Crippen LogP contribution in [0.15, 0.2) is 41.4 Å². The summed E-state index contributed by atoms with van der Waals surface area (Å²) in [7, 11) is -2.13. The molecule has 0 saturated carbocycles. The number of hydrogen-bond donors (Lipinski definition) is 1. The number of pyridine rings is 1. The number of nitrogens with zero attached hydrogens (tertiary/aromatic N) is 2. The van der Waals surface area contributed by atoms with Gasteiger partial charge in [0.25, 0.3) is 0 Å². The highest BCUT2D eigenvalue weighted by molar-refractivity contribution is 7.89. The largest absolute Gasteiger partial charge is 0.493 e. The van der Waals surface area contributed by atoms with Crippen molar-refractivity contribution in [3.63, 3.8) is 0 Å². The molecule has 1 aliphatic heterocycles. The third kappa shape index (κ3) is 4.68. The molecule has 1 aliphatic rings. The van der Waals surface area contributed by atoms with Gasteiger partial charge in [0.2, 0.25) is 10.0 Å². The molecule has 1 fully saturated rings. The summed E-state index contributed by atoms with van der Waals surface area (Å²) < 4.78 is 60.7. The van der Waals surface area contributed by atoms with E-state index in [1.807, 2.05) is 0 Å². The van der Waals surface area contributed by atoms with Crippen molar-refractivity contribution in [2.75, 3.05) is 25.5 Å². The molecular weight excluding hydrogens is 392 g/mol. The molecule has 0 radical (unpaired) electrons. The first-order chi connectivity index (χ1) is 13.4. The number of rotatable bonds is 8.